The maximum absolute atomic E-state index is 11.2. The van der Waals surface area contributed by atoms with Crippen LogP contribution in [0.25, 0.3) is 6.08 Å². The van der Waals surface area contributed by atoms with Crippen molar-refractivity contribution < 1.29 is 19.2 Å². The third-order valence-electron chi connectivity index (χ3n) is 4.66. The van der Waals surface area contributed by atoms with Crippen LogP contribution in [0.15, 0.2) is 23.7 Å². The van der Waals surface area contributed by atoms with E-state index in [2.05, 4.69) is 0 Å². The van der Waals surface area contributed by atoms with Gasteiger partial charge in [0, 0.05) is 6.54 Å². The predicted molar refractivity (Wildman–Crippen MR) is 91.3 cm³/mol. The van der Waals surface area contributed by atoms with Crippen molar-refractivity contribution in [1.82, 2.24) is 0 Å². The van der Waals surface area contributed by atoms with Crippen LogP contribution in [-0.4, -0.2) is 35.9 Å². The molecule has 0 saturated carbocycles. The maximum atomic E-state index is 11.2. The maximum Gasteiger partial charge on any atom is 0.491 e. The molecule has 1 saturated heterocycles. The van der Waals surface area contributed by atoms with Gasteiger partial charge in [-0.3, -0.25) is 0 Å². The van der Waals surface area contributed by atoms with Crippen molar-refractivity contribution in [3.63, 3.8) is 0 Å². The van der Waals surface area contributed by atoms with E-state index in [0.717, 1.165) is 16.6 Å². The number of hydrogen-bond acceptors (Lipinski definition) is 4. The number of benzene rings is 1. The fraction of sp³-hybridized carbons (Fsp3) is 0.471. The molecule has 0 aliphatic carbocycles. The van der Waals surface area contributed by atoms with Crippen molar-refractivity contribution in [3.05, 3.63) is 40.4 Å². The van der Waals surface area contributed by atoms with E-state index in [1.807, 2.05) is 40.7 Å². The molecule has 0 amide bonds. The molecular formula is C17H24BNO4. The highest BCUT2D eigenvalue weighted by Crippen LogP contribution is 2.38. The second-order valence-corrected chi connectivity index (χ2v) is 6.89. The van der Waals surface area contributed by atoms with Crippen LogP contribution in [0, 0.1) is 6.92 Å². The van der Waals surface area contributed by atoms with Gasteiger partial charge in [0.1, 0.15) is 0 Å². The molecule has 1 aromatic carbocycles. The molecule has 1 fully saturated rings. The highest BCUT2D eigenvalue weighted by molar-refractivity contribution is 6.55. The lowest BCUT2D eigenvalue weighted by Gasteiger charge is -2.32. The monoisotopic (exact) mass is 317 g/mol. The van der Waals surface area contributed by atoms with Crippen molar-refractivity contribution in [3.8, 4) is 0 Å². The number of carboxylic acids is 1. The summed E-state index contributed by atoms with van der Waals surface area (Å²) >= 11 is 0. The van der Waals surface area contributed by atoms with Gasteiger partial charge in [0.2, 0.25) is 0 Å². The number of carbonyl (C=O) groups is 1. The van der Waals surface area contributed by atoms with Gasteiger partial charge in [0.25, 0.3) is 0 Å². The smallest absolute Gasteiger partial charge is 0.478 e. The highest BCUT2D eigenvalue weighted by atomic mass is 16.7. The molecule has 3 N–H and O–H groups in total. The van der Waals surface area contributed by atoms with E-state index in [-0.39, 0.29) is 12.1 Å². The average molecular weight is 317 g/mol. The molecule has 23 heavy (non-hydrogen) atoms. The molecule has 1 heterocycles. The quantitative estimate of drug-likeness (QED) is 0.834. The van der Waals surface area contributed by atoms with Gasteiger partial charge < -0.3 is 20.1 Å². The Bertz CT molecular complexity index is 636. The zero-order valence-electron chi connectivity index (χ0n) is 14.3. The number of aryl methyl sites for hydroxylation is 1. The summed E-state index contributed by atoms with van der Waals surface area (Å²) in [6.07, 6.45) is 1.86. The molecule has 1 aliphatic heterocycles. The molecule has 1 aliphatic rings. The summed E-state index contributed by atoms with van der Waals surface area (Å²) in [6, 6.07) is 5.01. The zero-order valence-corrected chi connectivity index (χ0v) is 14.3. The van der Waals surface area contributed by atoms with Crippen molar-refractivity contribution in [2.75, 3.05) is 6.54 Å². The minimum absolute atomic E-state index is 0.243. The summed E-state index contributed by atoms with van der Waals surface area (Å²) < 4.78 is 12.0. The first-order valence-electron chi connectivity index (χ1n) is 7.67. The van der Waals surface area contributed by atoms with E-state index >= 15 is 0 Å². The zero-order chi connectivity index (χ0) is 17.4. The van der Waals surface area contributed by atoms with E-state index in [1.165, 1.54) is 0 Å². The molecule has 0 radical (unpaired) electrons. The first kappa shape index (κ1) is 17.7. The van der Waals surface area contributed by atoms with Gasteiger partial charge in [-0.2, -0.15) is 0 Å². The van der Waals surface area contributed by atoms with Gasteiger partial charge in [-0.1, -0.05) is 12.1 Å². The van der Waals surface area contributed by atoms with Crippen LogP contribution in [0.1, 0.15) is 49.2 Å². The van der Waals surface area contributed by atoms with Gasteiger partial charge in [-0.15, -0.1) is 0 Å². The number of nitrogens with two attached hydrogens (primary N) is 1. The Morgan fingerprint density at radius 3 is 2.30 bits per heavy atom. The summed E-state index contributed by atoms with van der Waals surface area (Å²) in [5.74, 6) is -0.954. The molecule has 124 valence electrons. The first-order valence-corrected chi connectivity index (χ1v) is 7.67. The van der Waals surface area contributed by atoms with E-state index in [4.69, 9.17) is 20.1 Å². The standard InChI is InChI=1S/C17H24BNO4/c1-11-6-7-12(15(20)21)8-13(11)9-14(10-19)18-22-16(2,3)17(4,5)23-18/h6-9H,10,19H2,1-5H3,(H,20,21). The molecule has 2 rings (SSSR count). The minimum atomic E-state index is -0.954. The summed E-state index contributed by atoms with van der Waals surface area (Å²) in [6.45, 7) is 10.1. The highest BCUT2D eigenvalue weighted by Gasteiger charge is 2.52. The number of carboxylic acid groups (broad SMARTS) is 1. The van der Waals surface area contributed by atoms with Crippen molar-refractivity contribution in [1.29, 1.82) is 0 Å². The Morgan fingerprint density at radius 1 is 1.26 bits per heavy atom. The Balaban J connectivity index is 2.37. The number of rotatable bonds is 4. The van der Waals surface area contributed by atoms with Gasteiger partial charge in [0.05, 0.1) is 16.8 Å². The third kappa shape index (κ3) is 3.49. The Hall–Kier alpha value is -1.63. The topological polar surface area (TPSA) is 81.8 Å². The number of hydrogen-bond donors (Lipinski definition) is 2. The van der Waals surface area contributed by atoms with Crippen molar-refractivity contribution in [2.45, 2.75) is 45.8 Å². The predicted octanol–water partition coefficient (Wildman–Crippen LogP) is 2.67. The van der Waals surface area contributed by atoms with Crippen LogP contribution < -0.4 is 5.73 Å². The molecule has 1 aromatic rings. The van der Waals surface area contributed by atoms with Crippen molar-refractivity contribution in [2.24, 2.45) is 5.73 Å². The van der Waals surface area contributed by atoms with Crippen molar-refractivity contribution >= 4 is 19.2 Å². The van der Waals surface area contributed by atoms with Crippen LogP contribution in [0.4, 0.5) is 0 Å². The lowest BCUT2D eigenvalue weighted by atomic mass is 9.76. The first-order chi connectivity index (χ1) is 10.6. The third-order valence-corrected chi connectivity index (χ3v) is 4.66. The SMILES string of the molecule is Cc1ccc(C(=O)O)cc1C=C(CN)B1OC(C)(C)C(C)(C)O1. The Morgan fingerprint density at radius 2 is 1.83 bits per heavy atom. The van der Waals surface area contributed by atoms with Crippen LogP contribution in [0.5, 0.6) is 0 Å². The van der Waals surface area contributed by atoms with E-state index in [1.54, 1.807) is 18.2 Å². The molecule has 0 unspecified atom stereocenters. The molecule has 0 bridgehead atoms. The summed E-state index contributed by atoms with van der Waals surface area (Å²) in [7, 11) is -0.530. The molecule has 0 spiro atoms. The minimum Gasteiger partial charge on any atom is -0.478 e. The van der Waals surface area contributed by atoms with Crippen LogP contribution >= 0.6 is 0 Å². The van der Waals surface area contributed by atoms with Gasteiger partial charge in [-0.25, -0.2) is 4.79 Å². The molecule has 5 nitrogen and oxygen atoms in total. The lowest BCUT2D eigenvalue weighted by Crippen LogP contribution is -2.41. The second-order valence-electron chi connectivity index (χ2n) is 6.89. The normalized spacial score (nSPS) is 19.9. The fourth-order valence-corrected chi connectivity index (χ4v) is 2.35. The van der Waals surface area contributed by atoms with Gasteiger partial charge in [-0.05, 0) is 63.4 Å². The second kappa shape index (κ2) is 6.11. The Kier molecular flexibility index (Phi) is 4.71. The summed E-state index contributed by atoms with van der Waals surface area (Å²) in [5.41, 5.74) is 7.80. The van der Waals surface area contributed by atoms with Crippen LogP contribution in [-0.2, 0) is 9.31 Å². The number of aromatic carboxylic acids is 1. The van der Waals surface area contributed by atoms with Crippen LogP contribution in [0.3, 0.4) is 0 Å². The fourth-order valence-electron chi connectivity index (χ4n) is 2.35. The average Bonchev–Trinajstić information content (AvgIpc) is 2.66. The Labute approximate surface area is 137 Å². The van der Waals surface area contributed by atoms with E-state index in [0.29, 0.717) is 0 Å². The summed E-state index contributed by atoms with van der Waals surface area (Å²) in [4.78, 5) is 11.2. The molecule has 6 heteroatoms. The summed E-state index contributed by atoms with van der Waals surface area (Å²) in [5, 5.41) is 9.15. The van der Waals surface area contributed by atoms with Gasteiger partial charge >= 0.3 is 13.1 Å². The van der Waals surface area contributed by atoms with Crippen LogP contribution in [0.2, 0.25) is 0 Å². The molecule has 0 aromatic heterocycles. The largest absolute Gasteiger partial charge is 0.491 e. The van der Waals surface area contributed by atoms with Gasteiger partial charge in [0.15, 0.2) is 0 Å². The molecular weight excluding hydrogens is 293 g/mol. The lowest BCUT2D eigenvalue weighted by molar-refractivity contribution is 0.00578. The van der Waals surface area contributed by atoms with E-state index in [9.17, 15) is 4.79 Å². The van der Waals surface area contributed by atoms with E-state index < -0.39 is 24.3 Å². The molecule has 0 atom stereocenters.